The van der Waals surface area contributed by atoms with Crippen LogP contribution in [-0.2, 0) is 9.47 Å². The van der Waals surface area contributed by atoms with E-state index in [1.165, 1.54) is 12.1 Å². The van der Waals surface area contributed by atoms with E-state index in [0.717, 1.165) is 12.8 Å². The third kappa shape index (κ3) is 2.27. The van der Waals surface area contributed by atoms with Crippen LogP contribution in [0.1, 0.15) is 23.2 Å². The molecule has 2 rings (SSSR count). The molecule has 0 aromatic heterocycles. The second-order valence-corrected chi connectivity index (χ2v) is 3.37. The predicted molar refractivity (Wildman–Crippen MR) is 52.5 cm³/mol. The molecule has 0 spiro atoms. The van der Waals surface area contributed by atoms with Gasteiger partial charge in [0.2, 0.25) is 6.29 Å². The number of para-hydroxylation sites is 1. The number of esters is 1. The van der Waals surface area contributed by atoms with Gasteiger partial charge in [-0.3, -0.25) is 0 Å². The highest BCUT2D eigenvalue weighted by Gasteiger charge is 2.21. The van der Waals surface area contributed by atoms with Gasteiger partial charge in [-0.1, -0.05) is 12.1 Å². The Morgan fingerprint density at radius 2 is 2.27 bits per heavy atom. The zero-order valence-electron chi connectivity index (χ0n) is 8.18. The molecule has 1 N–H and O–H groups in total. The van der Waals surface area contributed by atoms with Crippen molar-refractivity contribution in [1.82, 2.24) is 0 Å². The van der Waals surface area contributed by atoms with Crippen LogP contribution in [0.15, 0.2) is 24.3 Å². The number of phenolic OH excluding ortho intramolecular Hbond substituents is 1. The highest BCUT2D eigenvalue weighted by atomic mass is 16.7. The normalized spacial score (nSPS) is 20.1. The molecule has 0 amide bonds. The summed E-state index contributed by atoms with van der Waals surface area (Å²) < 4.78 is 10.2. The van der Waals surface area contributed by atoms with Gasteiger partial charge in [-0.05, 0) is 18.6 Å². The number of hydrogen-bond acceptors (Lipinski definition) is 4. The molecule has 1 unspecified atom stereocenters. The average Bonchev–Trinajstić information content (AvgIpc) is 2.71. The summed E-state index contributed by atoms with van der Waals surface area (Å²) in [7, 11) is 0. The second-order valence-electron chi connectivity index (χ2n) is 3.37. The monoisotopic (exact) mass is 208 g/mol. The lowest BCUT2D eigenvalue weighted by Crippen LogP contribution is -2.16. The Bertz CT molecular complexity index is 355. The van der Waals surface area contributed by atoms with Gasteiger partial charge in [0.15, 0.2) is 0 Å². The minimum absolute atomic E-state index is 0.0690. The standard InChI is InChI=1S/C11H12O4/c12-9-5-2-1-4-8(9)11(13)15-10-6-3-7-14-10/h1-2,4-5,10,12H,3,6-7H2. The van der Waals surface area contributed by atoms with Gasteiger partial charge >= 0.3 is 5.97 Å². The number of benzene rings is 1. The summed E-state index contributed by atoms with van der Waals surface area (Å²) in [5.74, 6) is -0.611. The van der Waals surface area contributed by atoms with E-state index in [2.05, 4.69) is 0 Å². The number of carbonyl (C=O) groups excluding carboxylic acids is 1. The maximum Gasteiger partial charge on any atom is 0.344 e. The molecule has 80 valence electrons. The fourth-order valence-electron chi connectivity index (χ4n) is 1.47. The van der Waals surface area contributed by atoms with E-state index in [-0.39, 0.29) is 11.3 Å². The van der Waals surface area contributed by atoms with Crippen LogP contribution in [0.5, 0.6) is 5.75 Å². The lowest BCUT2D eigenvalue weighted by atomic mass is 10.2. The van der Waals surface area contributed by atoms with Crippen LogP contribution >= 0.6 is 0 Å². The molecule has 4 nitrogen and oxygen atoms in total. The van der Waals surface area contributed by atoms with E-state index in [4.69, 9.17) is 9.47 Å². The fraction of sp³-hybridized carbons (Fsp3) is 0.364. The number of carbonyl (C=O) groups is 1. The molecule has 1 aliphatic rings. The summed E-state index contributed by atoms with van der Waals surface area (Å²) in [4.78, 5) is 11.6. The summed E-state index contributed by atoms with van der Waals surface area (Å²) in [6.07, 6.45) is 1.16. The van der Waals surface area contributed by atoms with Crippen LogP contribution in [0.2, 0.25) is 0 Å². The Morgan fingerprint density at radius 1 is 1.47 bits per heavy atom. The van der Waals surface area contributed by atoms with Gasteiger partial charge in [-0.15, -0.1) is 0 Å². The van der Waals surface area contributed by atoms with Crippen LogP contribution in [0.25, 0.3) is 0 Å². The van der Waals surface area contributed by atoms with Crippen molar-refractivity contribution < 1.29 is 19.4 Å². The van der Waals surface area contributed by atoms with E-state index in [1.807, 2.05) is 0 Å². The van der Waals surface area contributed by atoms with Crippen LogP contribution in [0.3, 0.4) is 0 Å². The quantitative estimate of drug-likeness (QED) is 0.751. The first-order chi connectivity index (χ1) is 7.27. The molecule has 1 aromatic rings. The highest BCUT2D eigenvalue weighted by Crippen LogP contribution is 2.20. The minimum atomic E-state index is -0.542. The molecule has 0 radical (unpaired) electrons. The second kappa shape index (κ2) is 4.31. The molecule has 1 aliphatic heterocycles. The van der Waals surface area contributed by atoms with E-state index in [0.29, 0.717) is 6.61 Å². The topological polar surface area (TPSA) is 55.8 Å². The van der Waals surface area contributed by atoms with Gasteiger partial charge in [0.05, 0.1) is 6.61 Å². The molecule has 1 heterocycles. The number of phenols is 1. The van der Waals surface area contributed by atoms with Gasteiger partial charge in [-0.2, -0.15) is 0 Å². The maximum atomic E-state index is 11.6. The zero-order valence-corrected chi connectivity index (χ0v) is 8.18. The van der Waals surface area contributed by atoms with Gasteiger partial charge in [0.25, 0.3) is 0 Å². The fourth-order valence-corrected chi connectivity index (χ4v) is 1.47. The van der Waals surface area contributed by atoms with Crippen molar-refractivity contribution >= 4 is 5.97 Å². The average molecular weight is 208 g/mol. The summed E-state index contributed by atoms with van der Waals surface area (Å²) in [6, 6.07) is 6.29. The molecule has 1 aromatic carbocycles. The Morgan fingerprint density at radius 3 is 2.93 bits per heavy atom. The smallest absolute Gasteiger partial charge is 0.344 e. The Kier molecular flexibility index (Phi) is 2.87. The number of ether oxygens (including phenoxy) is 2. The van der Waals surface area contributed by atoms with E-state index < -0.39 is 12.3 Å². The summed E-state index contributed by atoms with van der Waals surface area (Å²) in [5, 5.41) is 9.41. The molecule has 1 saturated heterocycles. The van der Waals surface area contributed by atoms with E-state index in [9.17, 15) is 9.90 Å². The Hall–Kier alpha value is -1.55. The van der Waals surface area contributed by atoms with Crippen LogP contribution in [-0.4, -0.2) is 24.0 Å². The maximum absolute atomic E-state index is 11.6. The van der Waals surface area contributed by atoms with Crippen molar-refractivity contribution in [2.45, 2.75) is 19.1 Å². The molecule has 1 atom stereocenters. The SMILES string of the molecule is O=C(OC1CCCO1)c1ccccc1O. The molecule has 0 saturated carbocycles. The third-order valence-electron chi connectivity index (χ3n) is 2.25. The van der Waals surface area contributed by atoms with Crippen LogP contribution < -0.4 is 0 Å². The molecule has 15 heavy (non-hydrogen) atoms. The number of rotatable bonds is 2. The van der Waals surface area contributed by atoms with Crippen molar-refractivity contribution in [2.75, 3.05) is 6.61 Å². The van der Waals surface area contributed by atoms with Gasteiger partial charge in [0, 0.05) is 6.42 Å². The van der Waals surface area contributed by atoms with E-state index >= 15 is 0 Å². The van der Waals surface area contributed by atoms with Gasteiger partial charge in [-0.25, -0.2) is 4.79 Å². The molecule has 1 fully saturated rings. The molecular weight excluding hydrogens is 196 g/mol. The number of aromatic hydroxyl groups is 1. The molecule has 0 bridgehead atoms. The van der Waals surface area contributed by atoms with Crippen molar-refractivity contribution in [3.8, 4) is 5.75 Å². The van der Waals surface area contributed by atoms with Crippen molar-refractivity contribution in [1.29, 1.82) is 0 Å². The zero-order chi connectivity index (χ0) is 10.7. The molecular formula is C11H12O4. The largest absolute Gasteiger partial charge is 0.507 e. The first kappa shape index (κ1) is 9.98. The summed E-state index contributed by atoms with van der Waals surface area (Å²) in [6.45, 7) is 0.624. The van der Waals surface area contributed by atoms with Gasteiger partial charge in [0.1, 0.15) is 11.3 Å². The van der Waals surface area contributed by atoms with Crippen molar-refractivity contribution in [3.63, 3.8) is 0 Å². The summed E-state index contributed by atoms with van der Waals surface area (Å²) in [5.41, 5.74) is 0.174. The molecule has 0 aliphatic carbocycles. The van der Waals surface area contributed by atoms with Crippen LogP contribution in [0.4, 0.5) is 0 Å². The lowest BCUT2D eigenvalue weighted by molar-refractivity contribution is -0.0776. The minimum Gasteiger partial charge on any atom is -0.507 e. The first-order valence-electron chi connectivity index (χ1n) is 4.88. The third-order valence-corrected chi connectivity index (χ3v) is 2.25. The van der Waals surface area contributed by atoms with E-state index in [1.54, 1.807) is 12.1 Å². The Labute approximate surface area is 87.4 Å². The number of hydrogen-bond donors (Lipinski definition) is 1. The van der Waals surface area contributed by atoms with Crippen molar-refractivity contribution in [2.24, 2.45) is 0 Å². The molecule has 4 heteroatoms. The first-order valence-corrected chi connectivity index (χ1v) is 4.88. The van der Waals surface area contributed by atoms with Gasteiger partial charge < -0.3 is 14.6 Å². The van der Waals surface area contributed by atoms with Crippen LogP contribution in [0, 0.1) is 0 Å². The van der Waals surface area contributed by atoms with Crippen molar-refractivity contribution in [3.05, 3.63) is 29.8 Å². The lowest BCUT2D eigenvalue weighted by Gasteiger charge is -2.11. The summed E-state index contributed by atoms with van der Waals surface area (Å²) >= 11 is 0. The highest BCUT2D eigenvalue weighted by molar-refractivity contribution is 5.92. The Balaban J connectivity index is 2.04. The predicted octanol–water partition coefficient (Wildman–Crippen LogP) is 1.69.